The number of rotatable bonds is 11. The van der Waals surface area contributed by atoms with E-state index in [1.54, 1.807) is 25.7 Å². The van der Waals surface area contributed by atoms with Crippen LogP contribution in [0.1, 0.15) is 194 Å². The highest BCUT2D eigenvalue weighted by molar-refractivity contribution is 6.21. The molecule has 3 heterocycles. The number of hydrogen-bond acceptors (Lipinski definition) is 12. The molecule has 582 valence electrons. The van der Waals surface area contributed by atoms with Gasteiger partial charge in [-0.3, -0.25) is 57.5 Å². The van der Waals surface area contributed by atoms with E-state index >= 15 is 19.2 Å². The van der Waals surface area contributed by atoms with Crippen molar-refractivity contribution < 1.29 is 83.9 Å². The summed E-state index contributed by atoms with van der Waals surface area (Å²) in [5.74, 6) is -13.7. The van der Waals surface area contributed by atoms with Crippen molar-refractivity contribution in [1.82, 2.24) is 60.0 Å². The van der Waals surface area contributed by atoms with Crippen molar-refractivity contribution in [3.63, 3.8) is 0 Å². The van der Waals surface area contributed by atoms with Gasteiger partial charge in [0.2, 0.25) is 70.9 Å². The third kappa shape index (κ3) is 21.0. The van der Waals surface area contributed by atoms with E-state index < -0.39 is 198 Å². The van der Waals surface area contributed by atoms with Crippen LogP contribution in [0.15, 0.2) is 0 Å². The van der Waals surface area contributed by atoms with E-state index in [2.05, 4.69) is 16.0 Å². The number of nitrogens with zero attached hydrogens (tertiary/aromatic N) is 9. The van der Waals surface area contributed by atoms with Crippen LogP contribution in [-0.2, 0) is 57.5 Å². The maximum absolute atomic E-state index is 15.7. The first-order valence-corrected chi connectivity index (χ1v) is 38.0. The number of likely N-dealkylation sites (N-methyl/N-ethyl adjacent to an activating group) is 7. The molecule has 7 fully saturated rings. The molecular formula is C72H113ClF6N12O12. The van der Waals surface area contributed by atoms with Crippen LogP contribution < -0.4 is 16.0 Å². The number of alkyl halides is 7. The summed E-state index contributed by atoms with van der Waals surface area (Å²) in [5, 5.41) is 7.38. The number of amides is 12. The van der Waals surface area contributed by atoms with Gasteiger partial charge in [0.1, 0.15) is 47.8 Å². The van der Waals surface area contributed by atoms with Crippen molar-refractivity contribution in [2.45, 2.75) is 260 Å². The van der Waals surface area contributed by atoms with Gasteiger partial charge in [-0.05, 0) is 146 Å². The van der Waals surface area contributed by atoms with Crippen molar-refractivity contribution >= 4 is 82.5 Å². The molecule has 31 heteroatoms. The number of halogens is 7. The lowest BCUT2D eigenvalue weighted by molar-refractivity contribution is -0.184. The molecule has 4 saturated carbocycles. The van der Waals surface area contributed by atoms with Crippen molar-refractivity contribution in [2.75, 3.05) is 88.6 Å². The van der Waals surface area contributed by atoms with Gasteiger partial charge in [-0.2, -0.15) is 26.3 Å². The van der Waals surface area contributed by atoms with Crippen LogP contribution in [-0.4, -0.2) is 269 Å². The molecule has 7 aliphatic rings. The largest absolute Gasteiger partial charge is 0.393 e. The maximum Gasteiger partial charge on any atom is 0.393 e. The van der Waals surface area contributed by atoms with Crippen LogP contribution in [0.4, 0.5) is 26.3 Å². The Labute approximate surface area is 607 Å². The number of nitrogens with one attached hydrogen (secondary N) is 3. The van der Waals surface area contributed by atoms with Gasteiger partial charge in [-0.1, -0.05) is 65.7 Å². The average molecular weight is 1490 g/mol. The smallest absolute Gasteiger partial charge is 0.343 e. The quantitative estimate of drug-likeness (QED) is 0.145. The van der Waals surface area contributed by atoms with Gasteiger partial charge in [0.25, 0.3) is 0 Å². The molecule has 24 nitrogen and oxygen atoms in total. The first-order chi connectivity index (χ1) is 48.4. The molecule has 0 radical (unpaired) electrons. The van der Waals surface area contributed by atoms with E-state index in [1.165, 1.54) is 68.9 Å². The second kappa shape index (κ2) is 36.7. The molecule has 4 aliphatic carbocycles. The van der Waals surface area contributed by atoms with E-state index in [4.69, 9.17) is 11.6 Å². The molecule has 7 rings (SSSR count). The van der Waals surface area contributed by atoms with Gasteiger partial charge >= 0.3 is 12.4 Å². The number of carbonyl (C=O) groups excluding carboxylic acids is 12. The summed E-state index contributed by atoms with van der Waals surface area (Å²) in [6, 6.07) is -9.12. The average Bonchev–Trinajstić information content (AvgIpc) is 1.74. The Bertz CT molecular complexity index is 3010. The summed E-state index contributed by atoms with van der Waals surface area (Å²) >= 11 is 6.38. The molecule has 0 aromatic carbocycles. The van der Waals surface area contributed by atoms with Crippen LogP contribution in [0.3, 0.4) is 0 Å². The molecule has 0 aromatic rings. The fourth-order valence-electron chi connectivity index (χ4n) is 16.8. The topological polar surface area (TPSA) is 270 Å². The summed E-state index contributed by atoms with van der Waals surface area (Å²) in [5.41, 5.74) is -1.59. The summed E-state index contributed by atoms with van der Waals surface area (Å²) in [7, 11) is 9.51. The van der Waals surface area contributed by atoms with Gasteiger partial charge in [0.15, 0.2) is 0 Å². The summed E-state index contributed by atoms with van der Waals surface area (Å²) in [4.78, 5) is 190. The monoisotopic (exact) mass is 1490 g/mol. The predicted molar refractivity (Wildman–Crippen MR) is 370 cm³/mol. The maximum atomic E-state index is 15.7. The zero-order valence-electron chi connectivity index (χ0n) is 62.0. The van der Waals surface area contributed by atoms with Gasteiger partial charge in [0, 0.05) is 74.3 Å². The van der Waals surface area contributed by atoms with E-state index in [1.807, 2.05) is 0 Å². The minimum atomic E-state index is -4.55. The molecule has 11 atom stereocenters. The number of fused-ring (bicyclic) bond motifs is 1. The number of likely N-dealkylation sites (tertiary alicyclic amines) is 1. The van der Waals surface area contributed by atoms with Crippen molar-refractivity contribution in [3.8, 4) is 0 Å². The van der Waals surface area contributed by atoms with Crippen LogP contribution in [0, 0.1) is 35.5 Å². The predicted octanol–water partition coefficient (Wildman–Crippen LogP) is 6.64. The van der Waals surface area contributed by atoms with Crippen LogP contribution in [0.2, 0.25) is 0 Å². The number of hydrogen-bond donors (Lipinski definition) is 3. The van der Waals surface area contributed by atoms with E-state index in [0.29, 0.717) is 70.9 Å². The van der Waals surface area contributed by atoms with Crippen LogP contribution in [0.5, 0.6) is 0 Å². The minimum Gasteiger partial charge on any atom is -0.343 e. The highest BCUT2D eigenvalue weighted by Crippen LogP contribution is 2.45. The third-order valence-electron chi connectivity index (χ3n) is 23.7. The first kappa shape index (κ1) is 83.8. The molecule has 103 heavy (non-hydrogen) atoms. The van der Waals surface area contributed by atoms with E-state index in [0.717, 1.165) is 38.9 Å². The van der Waals surface area contributed by atoms with Gasteiger partial charge in [-0.15, -0.1) is 11.6 Å². The standard InChI is InChI=1S/C72H113ClF6N12O12/c1-11-21-52-62(96)81-60(44(3)12-2)67(101)85(6)42-58(94)83(4)43-59(95)87(8)54(39-46-25-29-48(30-26-46)71(74,75)76)65(99)84(5)41-56(92)80-51(32-28-45-27-31-49(50(73)38-45)72(77,78)79)64(98)91-37-20-24-53(91)63(97)82-70(33-16-17-34-70)69(103)89(10)61(47-22-14-13-15-23-47)68(102)88(9)55(40-57(93)86(52)7)66(100)90-35-18-19-36-90/h44-55,60-61H,11-43H2,1-10H3,(H,80,92)(H,81,96)(H,82,97)/t44-,45?,46?,48?,49?,50?,51-,52-,53-,54-,55-,60-,61-/m0/s1. The highest BCUT2D eigenvalue weighted by Gasteiger charge is 2.53. The van der Waals surface area contributed by atoms with E-state index in [9.17, 15) is 64.7 Å². The Morgan fingerprint density at radius 1 is 0.563 bits per heavy atom. The molecule has 3 aliphatic heterocycles. The molecule has 1 spiro atoms. The van der Waals surface area contributed by atoms with E-state index in [-0.39, 0.29) is 96.4 Å². The molecule has 3 unspecified atom stereocenters. The first-order valence-electron chi connectivity index (χ1n) is 37.5. The van der Waals surface area contributed by atoms with Crippen molar-refractivity contribution in [3.05, 3.63) is 0 Å². The highest BCUT2D eigenvalue weighted by atomic mass is 35.5. The molecule has 0 aromatic heterocycles. The van der Waals surface area contributed by atoms with Gasteiger partial charge in [-0.25, -0.2) is 0 Å². The normalized spacial score (nSPS) is 30.8. The molecule has 3 saturated heterocycles. The molecule has 0 bridgehead atoms. The Morgan fingerprint density at radius 2 is 1.17 bits per heavy atom. The lowest BCUT2D eigenvalue weighted by Gasteiger charge is -2.43. The van der Waals surface area contributed by atoms with Gasteiger partial charge < -0.3 is 60.0 Å². The lowest BCUT2D eigenvalue weighted by Crippen LogP contribution is -2.65. The van der Waals surface area contributed by atoms with Crippen molar-refractivity contribution in [2.24, 2.45) is 35.5 Å². The summed E-state index contributed by atoms with van der Waals surface area (Å²) in [6.07, 6.45) is -3.08. The molecule has 3 N–H and O–H groups in total. The molecular weight excluding hydrogens is 1370 g/mol. The second-order valence-corrected chi connectivity index (χ2v) is 31.4. The fourth-order valence-corrected chi connectivity index (χ4v) is 17.4. The summed E-state index contributed by atoms with van der Waals surface area (Å²) in [6.45, 7) is 4.02. The molecule has 12 amide bonds. The SMILES string of the molecule is CCC[C@H]1C(=O)N[C@@H]([C@@H](C)CC)C(=O)N(C)CC(=O)N(C)CC(=O)N(C)[C@@H](CC2CCC(C(F)(F)F)CC2)C(=O)N(C)CC(=O)N[C@@H](CCC2CCC(C(F)(F)F)C(Cl)C2)C(=O)N2CCC[C@H]2C(=O)NC2(CCCC2)C(=O)N(C)[C@@H](C2CCCCC2)C(=O)N(C)[C@H](C(=O)N2CCCC2)CC(=O)N1C. The zero-order valence-corrected chi connectivity index (χ0v) is 62.7. The lowest BCUT2D eigenvalue weighted by atomic mass is 9.78. The van der Waals surface area contributed by atoms with Gasteiger partial charge in [0.05, 0.1) is 37.9 Å². The van der Waals surface area contributed by atoms with Crippen LogP contribution >= 0.6 is 11.6 Å². The van der Waals surface area contributed by atoms with Crippen molar-refractivity contribution in [1.29, 1.82) is 0 Å². The Kier molecular flexibility index (Phi) is 29.8. The Morgan fingerprint density at radius 3 is 1.76 bits per heavy atom. The van der Waals surface area contributed by atoms with Crippen LogP contribution in [0.25, 0.3) is 0 Å². The Balaban J connectivity index is 1.27. The Hall–Kier alpha value is -6.49. The third-order valence-corrected chi connectivity index (χ3v) is 24.1. The summed E-state index contributed by atoms with van der Waals surface area (Å²) < 4.78 is 83.9. The fraction of sp³-hybridized carbons (Fsp3) is 0.833. The zero-order chi connectivity index (χ0) is 76.2. The minimum absolute atomic E-state index is 0.0108. The number of carbonyl (C=O) groups is 12. The second-order valence-electron chi connectivity index (χ2n) is 30.8.